The first kappa shape index (κ1) is 16.2. The number of hydrogen-bond donors (Lipinski definition) is 1. The minimum Gasteiger partial charge on any atom is -0.381 e. The molecule has 2 aliphatic rings. The van der Waals surface area contributed by atoms with Gasteiger partial charge in [-0.3, -0.25) is 4.90 Å². The largest absolute Gasteiger partial charge is 0.381 e. The molecule has 0 radical (unpaired) electrons. The van der Waals surface area contributed by atoms with E-state index >= 15 is 0 Å². The summed E-state index contributed by atoms with van der Waals surface area (Å²) in [4.78, 5) is 2.54. The lowest BCUT2D eigenvalue weighted by atomic mass is 9.93. The van der Waals surface area contributed by atoms with E-state index in [0.29, 0.717) is 12.1 Å². The summed E-state index contributed by atoms with van der Waals surface area (Å²) in [5, 5.41) is 3.69. The zero-order valence-corrected chi connectivity index (χ0v) is 13.4. The molecule has 0 aromatic rings. The predicted molar refractivity (Wildman–Crippen MR) is 82.0 cm³/mol. The van der Waals surface area contributed by atoms with Gasteiger partial charge in [-0.15, -0.1) is 0 Å². The summed E-state index contributed by atoms with van der Waals surface area (Å²) < 4.78 is 11.3. The second-order valence-electron chi connectivity index (χ2n) is 6.79. The van der Waals surface area contributed by atoms with Gasteiger partial charge in [0.25, 0.3) is 0 Å². The van der Waals surface area contributed by atoms with Crippen LogP contribution in [0.3, 0.4) is 0 Å². The smallest absolute Gasteiger partial charge is 0.0826 e. The fraction of sp³-hybridized carbons (Fsp3) is 1.00. The summed E-state index contributed by atoms with van der Waals surface area (Å²) >= 11 is 0. The Morgan fingerprint density at radius 1 is 1.15 bits per heavy atom. The molecule has 0 saturated carbocycles. The molecular formula is C16H32N2O2. The van der Waals surface area contributed by atoms with Crippen molar-refractivity contribution in [1.29, 1.82) is 0 Å². The fourth-order valence-electron chi connectivity index (χ4n) is 3.29. The summed E-state index contributed by atoms with van der Waals surface area (Å²) in [5.41, 5.74) is 0. The molecule has 0 aliphatic carbocycles. The first-order valence-electron chi connectivity index (χ1n) is 8.30. The molecule has 0 aromatic heterocycles. The highest BCUT2D eigenvalue weighted by atomic mass is 16.5. The molecule has 2 rings (SSSR count). The molecule has 0 spiro atoms. The first-order valence-corrected chi connectivity index (χ1v) is 8.30. The highest BCUT2D eigenvalue weighted by Crippen LogP contribution is 2.18. The van der Waals surface area contributed by atoms with Crippen LogP contribution >= 0.6 is 0 Å². The molecule has 1 N–H and O–H groups in total. The van der Waals surface area contributed by atoms with Crippen molar-refractivity contribution in [2.75, 3.05) is 46.0 Å². The van der Waals surface area contributed by atoms with E-state index in [4.69, 9.17) is 9.47 Å². The van der Waals surface area contributed by atoms with E-state index in [0.717, 1.165) is 51.3 Å². The van der Waals surface area contributed by atoms with Gasteiger partial charge in [-0.25, -0.2) is 0 Å². The van der Waals surface area contributed by atoms with Crippen molar-refractivity contribution in [2.45, 2.75) is 45.8 Å². The number of ether oxygens (including phenoxy) is 2. The maximum Gasteiger partial charge on any atom is 0.0826 e. The Bertz CT molecular complexity index is 267. The van der Waals surface area contributed by atoms with Gasteiger partial charge >= 0.3 is 0 Å². The zero-order valence-electron chi connectivity index (χ0n) is 13.4. The summed E-state index contributed by atoms with van der Waals surface area (Å²) in [5.74, 6) is 1.50. The predicted octanol–water partition coefficient (Wildman–Crippen LogP) is 1.75. The monoisotopic (exact) mass is 284 g/mol. The number of morpholine rings is 1. The molecule has 2 heterocycles. The Labute approximate surface area is 124 Å². The van der Waals surface area contributed by atoms with Crippen LogP contribution in [-0.4, -0.2) is 63.0 Å². The van der Waals surface area contributed by atoms with Gasteiger partial charge in [0.1, 0.15) is 0 Å². The molecule has 4 heteroatoms. The van der Waals surface area contributed by atoms with E-state index < -0.39 is 0 Å². The molecule has 4 nitrogen and oxygen atoms in total. The molecule has 2 aliphatic heterocycles. The lowest BCUT2D eigenvalue weighted by Gasteiger charge is -2.35. The van der Waals surface area contributed by atoms with Crippen molar-refractivity contribution in [3.63, 3.8) is 0 Å². The van der Waals surface area contributed by atoms with Gasteiger partial charge in [0.15, 0.2) is 0 Å². The van der Waals surface area contributed by atoms with Crippen LogP contribution in [-0.2, 0) is 9.47 Å². The lowest BCUT2D eigenvalue weighted by molar-refractivity contribution is -0.0328. The molecule has 118 valence electrons. The van der Waals surface area contributed by atoms with E-state index in [-0.39, 0.29) is 0 Å². The highest BCUT2D eigenvalue weighted by Gasteiger charge is 2.24. The van der Waals surface area contributed by atoms with Gasteiger partial charge in [-0.1, -0.05) is 13.8 Å². The van der Waals surface area contributed by atoms with E-state index in [1.54, 1.807) is 0 Å². The Morgan fingerprint density at radius 3 is 2.60 bits per heavy atom. The van der Waals surface area contributed by atoms with Gasteiger partial charge in [0.2, 0.25) is 0 Å². The van der Waals surface area contributed by atoms with E-state index in [2.05, 4.69) is 31.0 Å². The van der Waals surface area contributed by atoms with Gasteiger partial charge in [-0.2, -0.15) is 0 Å². The average Bonchev–Trinajstić information content (AvgIpc) is 2.45. The minimum atomic E-state index is 0.352. The third kappa shape index (κ3) is 5.32. The van der Waals surface area contributed by atoms with Gasteiger partial charge in [0.05, 0.1) is 12.7 Å². The SMILES string of the molecule is CC(C)CN1CCO[C@H](CN[C@H](C)C2CCOCC2)C1. The van der Waals surface area contributed by atoms with Crippen LogP contribution in [0.25, 0.3) is 0 Å². The number of nitrogens with zero attached hydrogens (tertiary/aromatic N) is 1. The molecule has 2 fully saturated rings. The van der Waals surface area contributed by atoms with Crippen LogP contribution in [0.4, 0.5) is 0 Å². The number of nitrogens with one attached hydrogen (secondary N) is 1. The van der Waals surface area contributed by atoms with Crippen LogP contribution in [0.2, 0.25) is 0 Å². The van der Waals surface area contributed by atoms with Crippen LogP contribution in [0.1, 0.15) is 33.6 Å². The summed E-state index contributed by atoms with van der Waals surface area (Å²) in [6.07, 6.45) is 2.74. The fourth-order valence-corrected chi connectivity index (χ4v) is 3.29. The Morgan fingerprint density at radius 2 is 1.90 bits per heavy atom. The van der Waals surface area contributed by atoms with Crippen molar-refractivity contribution in [2.24, 2.45) is 11.8 Å². The maximum atomic E-state index is 5.90. The van der Waals surface area contributed by atoms with E-state index in [1.165, 1.54) is 19.4 Å². The van der Waals surface area contributed by atoms with Gasteiger partial charge in [0, 0.05) is 45.4 Å². The topological polar surface area (TPSA) is 33.7 Å². The second kappa shape index (κ2) is 8.32. The molecule has 20 heavy (non-hydrogen) atoms. The Hall–Kier alpha value is -0.160. The maximum absolute atomic E-state index is 5.90. The normalized spacial score (nSPS) is 27.9. The van der Waals surface area contributed by atoms with Crippen LogP contribution in [0.15, 0.2) is 0 Å². The number of rotatable bonds is 6. The van der Waals surface area contributed by atoms with Crippen LogP contribution in [0.5, 0.6) is 0 Å². The van der Waals surface area contributed by atoms with Crippen LogP contribution < -0.4 is 5.32 Å². The summed E-state index contributed by atoms with van der Waals surface area (Å²) in [6.45, 7) is 14.0. The standard InChI is InChI=1S/C16H32N2O2/c1-13(2)11-18-6-9-20-16(12-18)10-17-14(3)15-4-7-19-8-5-15/h13-17H,4-12H2,1-3H3/t14-,16-/m1/s1. The molecule has 2 atom stereocenters. The number of hydrogen-bond acceptors (Lipinski definition) is 4. The van der Waals surface area contributed by atoms with Gasteiger partial charge < -0.3 is 14.8 Å². The summed E-state index contributed by atoms with van der Waals surface area (Å²) in [6, 6.07) is 0.572. The first-order chi connectivity index (χ1) is 9.65. The lowest BCUT2D eigenvalue weighted by Crippen LogP contribution is -2.49. The Kier molecular flexibility index (Phi) is 6.75. The highest BCUT2D eigenvalue weighted by molar-refractivity contribution is 4.79. The second-order valence-corrected chi connectivity index (χ2v) is 6.79. The van der Waals surface area contributed by atoms with E-state index in [9.17, 15) is 0 Å². The van der Waals surface area contributed by atoms with Crippen molar-refractivity contribution in [1.82, 2.24) is 10.2 Å². The molecule has 0 bridgehead atoms. The van der Waals surface area contributed by atoms with E-state index in [1.807, 2.05) is 0 Å². The van der Waals surface area contributed by atoms with Crippen molar-refractivity contribution in [3.8, 4) is 0 Å². The zero-order chi connectivity index (χ0) is 14.4. The molecule has 0 unspecified atom stereocenters. The molecule has 0 amide bonds. The van der Waals surface area contributed by atoms with Crippen molar-refractivity contribution >= 4 is 0 Å². The average molecular weight is 284 g/mol. The Balaban J connectivity index is 1.67. The molecule has 2 saturated heterocycles. The van der Waals surface area contributed by atoms with Crippen molar-refractivity contribution in [3.05, 3.63) is 0 Å². The van der Waals surface area contributed by atoms with Crippen LogP contribution in [0, 0.1) is 11.8 Å². The molecular weight excluding hydrogens is 252 g/mol. The quantitative estimate of drug-likeness (QED) is 0.806. The third-order valence-electron chi connectivity index (χ3n) is 4.49. The minimum absolute atomic E-state index is 0.352. The molecule has 0 aromatic carbocycles. The third-order valence-corrected chi connectivity index (χ3v) is 4.49. The van der Waals surface area contributed by atoms with Crippen molar-refractivity contribution < 1.29 is 9.47 Å². The summed E-state index contributed by atoms with van der Waals surface area (Å²) in [7, 11) is 0. The van der Waals surface area contributed by atoms with Gasteiger partial charge in [-0.05, 0) is 31.6 Å².